The van der Waals surface area contributed by atoms with Crippen LogP contribution in [0.25, 0.3) is 0 Å². The van der Waals surface area contributed by atoms with E-state index in [0.29, 0.717) is 11.4 Å². The fourth-order valence-electron chi connectivity index (χ4n) is 2.64. The first-order chi connectivity index (χ1) is 14.4. The molecule has 6 nitrogen and oxygen atoms in total. The van der Waals surface area contributed by atoms with E-state index in [-0.39, 0.29) is 29.2 Å². The minimum Gasteiger partial charge on any atom is -0.466 e. The molecule has 31 heavy (non-hydrogen) atoms. The first kappa shape index (κ1) is 24.2. The van der Waals surface area contributed by atoms with Crippen LogP contribution in [0.3, 0.4) is 0 Å². The third kappa shape index (κ3) is 7.30. The molecule has 0 aliphatic carbocycles. The number of alkyl halides is 3. The van der Waals surface area contributed by atoms with Gasteiger partial charge < -0.3 is 10.1 Å². The van der Waals surface area contributed by atoms with Crippen LogP contribution in [0.2, 0.25) is 0 Å². The molecule has 0 spiro atoms. The molecule has 0 bridgehead atoms. The second-order valence-corrected chi connectivity index (χ2v) is 7.44. The number of rotatable bonds is 8. The molecular weight excluding hydrogens is 418 g/mol. The maximum atomic E-state index is 14.0. The van der Waals surface area contributed by atoms with Gasteiger partial charge in [-0.15, -0.1) is 0 Å². The van der Waals surface area contributed by atoms with Crippen LogP contribution in [0.15, 0.2) is 24.4 Å². The number of ether oxygens (including phenoxy) is 1. The predicted molar refractivity (Wildman–Crippen MR) is 104 cm³/mol. The third-order valence-electron chi connectivity index (χ3n) is 4.32. The van der Waals surface area contributed by atoms with E-state index in [1.54, 1.807) is 33.8 Å². The number of carbonyl (C=O) groups is 2. The van der Waals surface area contributed by atoms with E-state index >= 15 is 0 Å². The minimum absolute atomic E-state index is 0.00722. The summed E-state index contributed by atoms with van der Waals surface area (Å²) in [5, 5.41) is 2.67. The highest BCUT2D eigenvalue weighted by Crippen LogP contribution is 2.22. The Labute approximate surface area is 177 Å². The van der Waals surface area contributed by atoms with Crippen molar-refractivity contribution in [2.24, 2.45) is 5.92 Å². The largest absolute Gasteiger partial charge is 0.466 e. The summed E-state index contributed by atoms with van der Waals surface area (Å²) < 4.78 is 55.0. The van der Waals surface area contributed by atoms with Gasteiger partial charge in [0.2, 0.25) is 0 Å². The summed E-state index contributed by atoms with van der Waals surface area (Å²) in [5.41, 5.74) is 1.55. The number of nitrogens with one attached hydrogen (secondary N) is 1. The molecule has 0 radical (unpaired) electrons. The third-order valence-corrected chi connectivity index (χ3v) is 4.32. The van der Waals surface area contributed by atoms with Crippen molar-refractivity contribution in [3.05, 3.63) is 52.7 Å². The smallest absolute Gasteiger partial charge is 0.422 e. The molecule has 168 valence electrons. The predicted octanol–water partition coefficient (Wildman–Crippen LogP) is 4.12. The first-order valence-electron chi connectivity index (χ1n) is 9.52. The molecule has 0 saturated heterocycles. The lowest BCUT2D eigenvalue weighted by Gasteiger charge is -2.16. The van der Waals surface area contributed by atoms with Crippen molar-refractivity contribution in [3.63, 3.8) is 0 Å². The molecule has 1 atom stereocenters. The van der Waals surface area contributed by atoms with Crippen LogP contribution in [0.5, 0.6) is 5.88 Å². The summed E-state index contributed by atoms with van der Waals surface area (Å²) in [5.74, 6) is -2.49. The van der Waals surface area contributed by atoms with Gasteiger partial charge in [-0.1, -0.05) is 13.8 Å². The number of aromatic nitrogens is 2. The average molecular weight is 441 g/mol. The lowest BCUT2D eigenvalue weighted by molar-refractivity contribution is -0.154. The van der Waals surface area contributed by atoms with Crippen molar-refractivity contribution in [2.75, 3.05) is 6.61 Å². The first-order valence-corrected chi connectivity index (χ1v) is 9.52. The quantitative estimate of drug-likeness (QED) is 0.624. The van der Waals surface area contributed by atoms with E-state index in [1.807, 2.05) is 0 Å². The van der Waals surface area contributed by atoms with Gasteiger partial charge >= 0.3 is 6.18 Å². The van der Waals surface area contributed by atoms with Crippen LogP contribution in [0.4, 0.5) is 17.6 Å². The van der Waals surface area contributed by atoms with E-state index in [1.165, 1.54) is 6.07 Å². The number of aryl methyl sites for hydroxylation is 1. The van der Waals surface area contributed by atoms with Crippen LogP contribution in [0.1, 0.15) is 54.1 Å². The second-order valence-electron chi connectivity index (χ2n) is 7.44. The van der Waals surface area contributed by atoms with E-state index in [0.717, 1.165) is 12.3 Å². The topological polar surface area (TPSA) is 81.2 Å². The van der Waals surface area contributed by atoms with E-state index in [4.69, 9.17) is 0 Å². The lowest BCUT2D eigenvalue weighted by Crippen LogP contribution is -2.27. The molecule has 1 unspecified atom stereocenters. The van der Waals surface area contributed by atoms with Gasteiger partial charge in [0, 0.05) is 35.5 Å². The number of pyridine rings is 2. The van der Waals surface area contributed by atoms with Crippen LogP contribution < -0.4 is 10.1 Å². The van der Waals surface area contributed by atoms with Crippen LogP contribution in [-0.2, 0) is 11.2 Å². The van der Waals surface area contributed by atoms with Gasteiger partial charge in [0.25, 0.3) is 11.8 Å². The molecule has 2 aromatic rings. The molecule has 0 saturated carbocycles. The number of hydrogen-bond acceptors (Lipinski definition) is 5. The Kier molecular flexibility index (Phi) is 7.70. The van der Waals surface area contributed by atoms with E-state index in [9.17, 15) is 27.2 Å². The molecule has 2 heterocycles. The van der Waals surface area contributed by atoms with Crippen LogP contribution in [0, 0.1) is 18.7 Å². The summed E-state index contributed by atoms with van der Waals surface area (Å²) in [6.45, 7) is 5.16. The van der Waals surface area contributed by atoms with Gasteiger partial charge in [-0.3, -0.25) is 14.6 Å². The zero-order valence-corrected chi connectivity index (χ0v) is 17.5. The SMILES string of the molecule is Cc1cc(C(=O)NC(C)c2cnc(OCC(F)(F)F)c(F)c2)cc(CC(=O)C(C)C)n1. The van der Waals surface area contributed by atoms with Crippen molar-refractivity contribution < 1.29 is 31.9 Å². The number of amides is 1. The van der Waals surface area contributed by atoms with Crippen molar-refractivity contribution in [2.45, 2.75) is 46.3 Å². The van der Waals surface area contributed by atoms with Crippen LogP contribution >= 0.6 is 0 Å². The number of halogens is 4. The minimum atomic E-state index is -4.62. The highest BCUT2D eigenvalue weighted by Gasteiger charge is 2.29. The zero-order valence-electron chi connectivity index (χ0n) is 17.5. The Morgan fingerprint density at radius 3 is 2.42 bits per heavy atom. The Morgan fingerprint density at radius 1 is 1.16 bits per heavy atom. The molecule has 0 aliphatic heterocycles. The summed E-state index contributed by atoms with van der Waals surface area (Å²) >= 11 is 0. The van der Waals surface area contributed by atoms with Crippen molar-refractivity contribution in [3.8, 4) is 5.88 Å². The summed E-state index contributed by atoms with van der Waals surface area (Å²) in [7, 11) is 0. The Hall–Kier alpha value is -3.04. The lowest BCUT2D eigenvalue weighted by atomic mass is 10.0. The molecule has 1 N–H and O–H groups in total. The molecule has 2 rings (SSSR count). The van der Waals surface area contributed by atoms with E-state index < -0.39 is 36.4 Å². The van der Waals surface area contributed by atoms with E-state index in [2.05, 4.69) is 20.0 Å². The monoisotopic (exact) mass is 441 g/mol. The maximum absolute atomic E-state index is 14.0. The molecule has 0 fully saturated rings. The summed E-state index contributed by atoms with van der Waals surface area (Å²) in [6, 6.07) is 3.33. The van der Waals surface area contributed by atoms with Gasteiger partial charge in [-0.2, -0.15) is 13.2 Å². The van der Waals surface area contributed by atoms with Crippen molar-refractivity contribution in [1.82, 2.24) is 15.3 Å². The average Bonchev–Trinajstić information content (AvgIpc) is 2.65. The number of Topliss-reactive ketones (excluding diaryl/α,β-unsaturated/α-hetero) is 1. The van der Waals surface area contributed by atoms with Gasteiger partial charge in [0.1, 0.15) is 5.78 Å². The fourth-order valence-corrected chi connectivity index (χ4v) is 2.64. The zero-order chi connectivity index (χ0) is 23.3. The molecule has 0 aliphatic rings. The summed E-state index contributed by atoms with van der Waals surface area (Å²) in [6.07, 6.45) is -3.39. The normalized spacial score (nSPS) is 12.5. The Bertz CT molecular complexity index is 961. The maximum Gasteiger partial charge on any atom is 0.422 e. The molecule has 2 aromatic heterocycles. The second kappa shape index (κ2) is 9.84. The molecule has 10 heteroatoms. The number of nitrogens with zero attached hydrogens (tertiary/aromatic N) is 2. The fraction of sp³-hybridized carbons (Fsp3) is 0.429. The highest BCUT2D eigenvalue weighted by atomic mass is 19.4. The Balaban J connectivity index is 2.11. The van der Waals surface area contributed by atoms with Crippen molar-refractivity contribution in [1.29, 1.82) is 0 Å². The van der Waals surface area contributed by atoms with Gasteiger partial charge in [0.15, 0.2) is 12.4 Å². The van der Waals surface area contributed by atoms with Crippen molar-refractivity contribution >= 4 is 11.7 Å². The van der Waals surface area contributed by atoms with Crippen LogP contribution in [-0.4, -0.2) is 34.4 Å². The summed E-state index contributed by atoms with van der Waals surface area (Å²) in [4.78, 5) is 32.4. The van der Waals surface area contributed by atoms with Gasteiger partial charge in [-0.25, -0.2) is 9.37 Å². The number of hydrogen-bond donors (Lipinski definition) is 1. The highest BCUT2D eigenvalue weighted by molar-refractivity contribution is 5.95. The molecule has 0 aromatic carbocycles. The Morgan fingerprint density at radius 2 is 1.84 bits per heavy atom. The molecular formula is C21H23F4N3O3. The van der Waals surface area contributed by atoms with Gasteiger partial charge in [0.05, 0.1) is 6.04 Å². The van der Waals surface area contributed by atoms with Gasteiger partial charge in [-0.05, 0) is 37.6 Å². The number of carbonyl (C=O) groups excluding carboxylic acids is 2. The standard InChI is InChI=1S/C21H23F4N3O3/c1-11(2)18(29)8-16-6-14(5-12(3)27-16)19(30)28-13(4)15-7-17(22)20(26-9-15)31-10-21(23,24)25/h5-7,9,11,13H,8,10H2,1-4H3,(H,28,30). The molecule has 1 amide bonds. The number of ketones is 1.